The topological polar surface area (TPSA) is 61.4 Å². The normalized spacial score (nSPS) is 15.7. The summed E-state index contributed by atoms with van der Waals surface area (Å²) in [6.45, 7) is 2.25. The third-order valence-electron chi connectivity index (χ3n) is 7.65. The fraction of sp³-hybridized carbons (Fsp3) is 0.273. The van der Waals surface area contributed by atoms with Crippen LogP contribution in [-0.4, -0.2) is 30.9 Å². The van der Waals surface area contributed by atoms with E-state index in [0.29, 0.717) is 13.0 Å². The number of nitrogens with one attached hydrogen (secondary N) is 2. The summed E-state index contributed by atoms with van der Waals surface area (Å²) in [7, 11) is 1.75. The van der Waals surface area contributed by atoms with Gasteiger partial charge in [0.25, 0.3) is 0 Å². The lowest BCUT2D eigenvalue weighted by Gasteiger charge is -2.27. The van der Waals surface area contributed by atoms with E-state index in [1.165, 1.54) is 16.5 Å². The monoisotopic (exact) mass is 541 g/mol. The molecule has 1 aliphatic heterocycles. The Bertz CT molecular complexity index is 1440. The first kappa shape index (κ1) is 28.3. The van der Waals surface area contributed by atoms with Gasteiger partial charge in [0.1, 0.15) is 6.04 Å². The highest BCUT2D eigenvalue weighted by Crippen LogP contribution is 2.31. The highest BCUT2D eigenvalue weighted by molar-refractivity contribution is 6.01. The van der Waals surface area contributed by atoms with Crippen molar-refractivity contribution in [3.63, 3.8) is 0 Å². The van der Waals surface area contributed by atoms with Gasteiger partial charge in [-0.25, -0.2) is 0 Å². The molecule has 5 rings (SSSR count). The zero-order chi connectivity index (χ0) is 26.5. The lowest BCUT2D eigenvalue weighted by Crippen LogP contribution is -2.52. The third kappa shape index (κ3) is 6.32. The Balaban J connectivity index is 0.00000353. The van der Waals surface area contributed by atoms with Crippen LogP contribution < -0.4 is 15.5 Å². The number of halogens is 1. The Hall–Kier alpha value is -3.67. The summed E-state index contributed by atoms with van der Waals surface area (Å²) >= 11 is 0. The molecule has 4 aromatic rings. The molecule has 0 fully saturated rings. The fourth-order valence-electron chi connectivity index (χ4n) is 5.31. The van der Waals surface area contributed by atoms with Crippen LogP contribution in [0.3, 0.4) is 0 Å². The van der Waals surface area contributed by atoms with Gasteiger partial charge < -0.3 is 15.5 Å². The number of carbonyl (C=O) groups excluding carboxylic acids is 2. The maximum Gasteiger partial charge on any atom is 0.249 e. The molecule has 0 saturated carbocycles. The highest BCUT2D eigenvalue weighted by atomic mass is 35.5. The van der Waals surface area contributed by atoms with E-state index in [1.54, 1.807) is 14.0 Å². The average Bonchev–Trinajstić information content (AvgIpc) is 3.09. The Kier molecular flexibility index (Phi) is 9.39. The van der Waals surface area contributed by atoms with Crippen LogP contribution in [0.1, 0.15) is 35.6 Å². The number of rotatable bonds is 8. The molecule has 6 heteroatoms. The van der Waals surface area contributed by atoms with Crippen molar-refractivity contribution in [2.24, 2.45) is 0 Å². The minimum atomic E-state index is -0.567. The van der Waals surface area contributed by atoms with Crippen LogP contribution in [-0.2, 0) is 35.4 Å². The van der Waals surface area contributed by atoms with Gasteiger partial charge in [-0.3, -0.25) is 9.59 Å². The second-order valence-corrected chi connectivity index (χ2v) is 10.1. The molecule has 202 valence electrons. The van der Waals surface area contributed by atoms with Crippen molar-refractivity contribution in [3.8, 4) is 0 Å². The summed E-state index contributed by atoms with van der Waals surface area (Å²) in [6.07, 6.45) is 3.24. The quantitative estimate of drug-likeness (QED) is 0.304. The van der Waals surface area contributed by atoms with Gasteiger partial charge in [-0.15, -0.1) is 12.4 Å². The van der Waals surface area contributed by atoms with Gasteiger partial charge in [-0.05, 0) is 78.7 Å². The zero-order valence-electron chi connectivity index (χ0n) is 22.5. The van der Waals surface area contributed by atoms with E-state index in [1.807, 2.05) is 29.2 Å². The molecule has 0 bridgehead atoms. The Labute approximate surface area is 237 Å². The first-order chi connectivity index (χ1) is 18.5. The molecular formula is C33H36ClN3O2. The SMILES string of the molecule is CN[C@@H](C)C(=O)N[C@H]1CCc2ccccc2N(Cc2ccc(CCc3ccccc3)c3ccccc23)C1=O.Cl. The molecule has 0 unspecified atom stereocenters. The number of likely N-dealkylation sites (N-methyl/N-ethyl adjacent to an activating group) is 1. The predicted molar refractivity (Wildman–Crippen MR) is 161 cm³/mol. The number of fused-ring (bicyclic) bond motifs is 2. The first-order valence-corrected chi connectivity index (χ1v) is 13.5. The van der Waals surface area contributed by atoms with Crippen LogP contribution in [0.15, 0.2) is 91.0 Å². The van der Waals surface area contributed by atoms with E-state index in [4.69, 9.17) is 0 Å². The molecule has 2 atom stereocenters. The van der Waals surface area contributed by atoms with Crippen LogP contribution >= 0.6 is 12.4 Å². The highest BCUT2D eigenvalue weighted by Gasteiger charge is 2.32. The lowest BCUT2D eigenvalue weighted by atomic mass is 9.95. The number of nitrogens with zero attached hydrogens (tertiary/aromatic N) is 1. The molecule has 2 amide bonds. The minimum Gasteiger partial charge on any atom is -0.343 e. The van der Waals surface area contributed by atoms with Gasteiger partial charge in [0.2, 0.25) is 11.8 Å². The summed E-state index contributed by atoms with van der Waals surface area (Å²) < 4.78 is 0. The van der Waals surface area contributed by atoms with E-state index in [9.17, 15) is 9.59 Å². The fourth-order valence-corrected chi connectivity index (χ4v) is 5.31. The molecule has 0 radical (unpaired) electrons. The van der Waals surface area contributed by atoms with Crippen molar-refractivity contribution in [3.05, 3.63) is 113 Å². The zero-order valence-corrected chi connectivity index (χ0v) is 23.3. The van der Waals surface area contributed by atoms with Gasteiger partial charge in [0.05, 0.1) is 12.6 Å². The minimum absolute atomic E-state index is 0. The predicted octanol–water partition coefficient (Wildman–Crippen LogP) is 5.62. The lowest BCUT2D eigenvalue weighted by molar-refractivity contribution is -0.128. The van der Waals surface area contributed by atoms with E-state index in [0.717, 1.165) is 41.5 Å². The maximum atomic E-state index is 13.9. The summed E-state index contributed by atoms with van der Waals surface area (Å²) in [5.41, 5.74) is 5.79. The van der Waals surface area contributed by atoms with Crippen LogP contribution in [0, 0.1) is 0 Å². The molecule has 4 aromatic carbocycles. The Morgan fingerprint density at radius 3 is 2.26 bits per heavy atom. The van der Waals surface area contributed by atoms with Gasteiger partial charge in [-0.1, -0.05) is 84.9 Å². The van der Waals surface area contributed by atoms with Crippen molar-refractivity contribution in [2.75, 3.05) is 11.9 Å². The van der Waals surface area contributed by atoms with E-state index >= 15 is 0 Å². The van der Waals surface area contributed by atoms with Crippen molar-refractivity contribution in [1.82, 2.24) is 10.6 Å². The number of para-hydroxylation sites is 1. The van der Waals surface area contributed by atoms with E-state index in [-0.39, 0.29) is 30.3 Å². The van der Waals surface area contributed by atoms with Crippen LogP contribution in [0.4, 0.5) is 5.69 Å². The summed E-state index contributed by atoms with van der Waals surface area (Å²) in [5, 5.41) is 8.35. The molecular weight excluding hydrogens is 506 g/mol. The molecule has 1 heterocycles. The summed E-state index contributed by atoms with van der Waals surface area (Å²) in [4.78, 5) is 28.4. The van der Waals surface area contributed by atoms with Crippen LogP contribution in [0.2, 0.25) is 0 Å². The van der Waals surface area contributed by atoms with Gasteiger partial charge in [-0.2, -0.15) is 0 Å². The van der Waals surface area contributed by atoms with Crippen molar-refractivity contribution in [1.29, 1.82) is 0 Å². The van der Waals surface area contributed by atoms with E-state index < -0.39 is 6.04 Å². The molecule has 0 aromatic heterocycles. The number of aryl methyl sites for hydroxylation is 3. The maximum absolute atomic E-state index is 13.9. The number of benzene rings is 4. The molecule has 2 N–H and O–H groups in total. The standard InChI is InChI=1S/C33H35N3O2.ClH/c1-23(34-2)32(37)35-30-21-20-26-12-6-9-15-31(26)36(33(30)38)22-27-19-18-25(28-13-7-8-14-29(27)28)17-16-24-10-4-3-5-11-24;/h3-15,18-19,23,30,34H,16-17,20-22H2,1-2H3,(H,35,37);1H/t23-,30-;/m0./s1. The van der Waals surface area contributed by atoms with Gasteiger partial charge >= 0.3 is 0 Å². The summed E-state index contributed by atoms with van der Waals surface area (Å²) in [6, 6.07) is 30.6. The second-order valence-electron chi connectivity index (χ2n) is 10.1. The van der Waals surface area contributed by atoms with Crippen LogP contribution in [0.5, 0.6) is 0 Å². The third-order valence-corrected chi connectivity index (χ3v) is 7.65. The van der Waals surface area contributed by atoms with E-state index in [2.05, 4.69) is 77.4 Å². The number of hydrogen-bond acceptors (Lipinski definition) is 3. The molecule has 1 aliphatic rings. The molecule has 0 spiro atoms. The Morgan fingerprint density at radius 2 is 1.51 bits per heavy atom. The van der Waals surface area contributed by atoms with Crippen molar-refractivity contribution < 1.29 is 9.59 Å². The van der Waals surface area contributed by atoms with Gasteiger partial charge in [0.15, 0.2) is 0 Å². The molecule has 39 heavy (non-hydrogen) atoms. The number of anilines is 1. The molecule has 0 saturated heterocycles. The van der Waals surface area contributed by atoms with Gasteiger partial charge in [0, 0.05) is 5.69 Å². The van der Waals surface area contributed by atoms with Crippen LogP contribution in [0.25, 0.3) is 10.8 Å². The number of hydrogen-bond donors (Lipinski definition) is 2. The number of carbonyl (C=O) groups is 2. The second kappa shape index (κ2) is 12.9. The van der Waals surface area contributed by atoms with Crippen molar-refractivity contribution in [2.45, 2.75) is 51.2 Å². The first-order valence-electron chi connectivity index (χ1n) is 13.5. The largest absolute Gasteiger partial charge is 0.343 e. The Morgan fingerprint density at radius 1 is 0.872 bits per heavy atom. The van der Waals surface area contributed by atoms with Crippen molar-refractivity contribution >= 4 is 40.7 Å². The molecule has 0 aliphatic carbocycles. The smallest absolute Gasteiger partial charge is 0.249 e. The average molecular weight is 542 g/mol. The number of amides is 2. The molecule has 5 nitrogen and oxygen atoms in total. The summed E-state index contributed by atoms with van der Waals surface area (Å²) in [5.74, 6) is -0.228.